The number of hydrogen-bond acceptors (Lipinski definition) is 4. The van der Waals surface area contributed by atoms with Gasteiger partial charge in [-0.05, 0) is 30.3 Å². The van der Waals surface area contributed by atoms with Gasteiger partial charge in [-0.3, -0.25) is 9.80 Å². The van der Waals surface area contributed by atoms with Crippen LogP contribution in [-0.2, 0) is 13.1 Å². The van der Waals surface area contributed by atoms with Crippen molar-refractivity contribution in [1.29, 1.82) is 0 Å². The molecule has 1 aliphatic heterocycles. The zero-order chi connectivity index (χ0) is 17.2. The fourth-order valence-electron chi connectivity index (χ4n) is 3.27. The molecule has 4 rings (SSSR count). The SMILES string of the molecule is Fc1ccc(F)c(CN2CCN(Cc3noc4ccccc34)CC2)c1. The molecule has 1 fully saturated rings. The molecule has 0 unspecified atom stereocenters. The lowest BCUT2D eigenvalue weighted by Crippen LogP contribution is -2.45. The molecule has 6 heteroatoms. The maximum absolute atomic E-state index is 13.8. The topological polar surface area (TPSA) is 32.5 Å². The number of benzene rings is 2. The largest absolute Gasteiger partial charge is 0.356 e. The van der Waals surface area contributed by atoms with Crippen LogP contribution in [0.1, 0.15) is 11.3 Å². The first-order chi connectivity index (χ1) is 12.2. The van der Waals surface area contributed by atoms with Crippen LogP contribution in [0.25, 0.3) is 11.0 Å². The van der Waals surface area contributed by atoms with Crippen molar-refractivity contribution in [2.45, 2.75) is 13.1 Å². The highest BCUT2D eigenvalue weighted by atomic mass is 19.1. The molecule has 1 aliphatic rings. The van der Waals surface area contributed by atoms with E-state index in [2.05, 4.69) is 15.0 Å². The summed E-state index contributed by atoms with van der Waals surface area (Å²) in [6, 6.07) is 11.5. The highest BCUT2D eigenvalue weighted by molar-refractivity contribution is 5.79. The lowest BCUT2D eigenvalue weighted by atomic mass is 10.1. The minimum Gasteiger partial charge on any atom is -0.356 e. The van der Waals surface area contributed by atoms with E-state index >= 15 is 0 Å². The Labute approximate surface area is 144 Å². The van der Waals surface area contributed by atoms with Crippen molar-refractivity contribution < 1.29 is 13.3 Å². The van der Waals surface area contributed by atoms with Crippen molar-refractivity contribution in [2.75, 3.05) is 26.2 Å². The summed E-state index contributed by atoms with van der Waals surface area (Å²) in [6.45, 7) is 4.51. The Morgan fingerprint density at radius 3 is 2.44 bits per heavy atom. The summed E-state index contributed by atoms with van der Waals surface area (Å²) in [5.41, 5.74) is 2.16. The third-order valence-corrected chi connectivity index (χ3v) is 4.69. The molecule has 130 valence electrons. The molecule has 1 saturated heterocycles. The second kappa shape index (κ2) is 6.90. The number of halogens is 2. The van der Waals surface area contributed by atoms with Gasteiger partial charge in [0.05, 0.1) is 0 Å². The van der Waals surface area contributed by atoms with Gasteiger partial charge in [-0.2, -0.15) is 0 Å². The Balaban J connectivity index is 1.36. The molecule has 1 aromatic heterocycles. The normalized spacial score (nSPS) is 16.6. The Kier molecular flexibility index (Phi) is 4.46. The molecule has 0 radical (unpaired) electrons. The van der Waals surface area contributed by atoms with Gasteiger partial charge in [0.15, 0.2) is 5.58 Å². The van der Waals surface area contributed by atoms with E-state index in [0.717, 1.165) is 55.5 Å². The molecule has 0 spiro atoms. The molecule has 2 aromatic carbocycles. The first-order valence-corrected chi connectivity index (χ1v) is 8.41. The molecule has 0 amide bonds. The van der Waals surface area contributed by atoms with Gasteiger partial charge in [0.25, 0.3) is 0 Å². The number of para-hydroxylation sites is 1. The van der Waals surface area contributed by atoms with Crippen LogP contribution < -0.4 is 0 Å². The third kappa shape index (κ3) is 3.55. The van der Waals surface area contributed by atoms with Gasteiger partial charge < -0.3 is 4.52 Å². The Morgan fingerprint density at radius 1 is 0.920 bits per heavy atom. The predicted molar refractivity (Wildman–Crippen MR) is 90.9 cm³/mol. The standard InChI is InChI=1S/C19H19F2N3O/c20-15-5-6-17(21)14(11-15)12-23-7-9-24(10-8-23)13-18-16-3-1-2-4-19(16)25-22-18/h1-6,11H,7-10,12-13H2. The quantitative estimate of drug-likeness (QED) is 0.727. The molecule has 0 saturated carbocycles. The van der Waals surface area contributed by atoms with Crippen LogP contribution in [-0.4, -0.2) is 41.1 Å². The van der Waals surface area contributed by atoms with Crippen molar-refractivity contribution in [1.82, 2.24) is 15.0 Å². The molecular weight excluding hydrogens is 324 g/mol. The van der Waals surface area contributed by atoms with Gasteiger partial charge in [0, 0.05) is 50.2 Å². The minimum atomic E-state index is -0.395. The van der Waals surface area contributed by atoms with Crippen LogP contribution in [0.2, 0.25) is 0 Å². The Hall–Kier alpha value is -2.31. The molecular formula is C19H19F2N3O. The average Bonchev–Trinajstić information content (AvgIpc) is 3.03. The molecule has 0 bridgehead atoms. The monoisotopic (exact) mass is 343 g/mol. The van der Waals surface area contributed by atoms with E-state index in [0.29, 0.717) is 12.1 Å². The summed E-state index contributed by atoms with van der Waals surface area (Å²) < 4.78 is 32.4. The van der Waals surface area contributed by atoms with E-state index in [4.69, 9.17) is 4.52 Å². The van der Waals surface area contributed by atoms with Crippen LogP contribution >= 0.6 is 0 Å². The number of fused-ring (bicyclic) bond motifs is 1. The second-order valence-corrected chi connectivity index (χ2v) is 6.41. The second-order valence-electron chi connectivity index (χ2n) is 6.41. The summed E-state index contributed by atoms with van der Waals surface area (Å²) in [6.07, 6.45) is 0. The smallest absolute Gasteiger partial charge is 0.167 e. The van der Waals surface area contributed by atoms with Crippen LogP contribution in [0.4, 0.5) is 8.78 Å². The summed E-state index contributed by atoms with van der Waals surface area (Å²) in [5, 5.41) is 5.22. The first-order valence-electron chi connectivity index (χ1n) is 8.41. The molecule has 0 atom stereocenters. The maximum atomic E-state index is 13.8. The van der Waals surface area contributed by atoms with E-state index in [1.807, 2.05) is 24.3 Å². The number of hydrogen-bond donors (Lipinski definition) is 0. The molecule has 4 nitrogen and oxygen atoms in total. The Morgan fingerprint density at radius 2 is 1.64 bits per heavy atom. The van der Waals surface area contributed by atoms with Gasteiger partial charge in [-0.15, -0.1) is 0 Å². The summed E-state index contributed by atoms with van der Waals surface area (Å²) in [5.74, 6) is -0.745. The first kappa shape index (κ1) is 16.2. The zero-order valence-electron chi connectivity index (χ0n) is 13.8. The third-order valence-electron chi connectivity index (χ3n) is 4.69. The van der Waals surface area contributed by atoms with E-state index in [1.165, 1.54) is 12.1 Å². The van der Waals surface area contributed by atoms with E-state index in [1.54, 1.807) is 0 Å². The van der Waals surface area contributed by atoms with Gasteiger partial charge >= 0.3 is 0 Å². The fraction of sp³-hybridized carbons (Fsp3) is 0.316. The minimum absolute atomic E-state index is 0.349. The fourth-order valence-corrected chi connectivity index (χ4v) is 3.27. The van der Waals surface area contributed by atoms with E-state index in [9.17, 15) is 8.78 Å². The van der Waals surface area contributed by atoms with Crippen molar-refractivity contribution in [3.63, 3.8) is 0 Å². The maximum Gasteiger partial charge on any atom is 0.167 e. The summed E-state index contributed by atoms with van der Waals surface area (Å²) in [7, 11) is 0. The van der Waals surface area contributed by atoms with Gasteiger partial charge in [-0.25, -0.2) is 8.78 Å². The molecule has 25 heavy (non-hydrogen) atoms. The summed E-state index contributed by atoms with van der Waals surface area (Å²) in [4.78, 5) is 4.46. The average molecular weight is 343 g/mol. The zero-order valence-corrected chi connectivity index (χ0v) is 13.8. The van der Waals surface area contributed by atoms with Gasteiger partial charge in [0.2, 0.25) is 0 Å². The van der Waals surface area contributed by atoms with E-state index < -0.39 is 5.82 Å². The molecule has 0 aliphatic carbocycles. The van der Waals surface area contributed by atoms with E-state index in [-0.39, 0.29) is 5.82 Å². The highest BCUT2D eigenvalue weighted by Gasteiger charge is 2.20. The Bertz CT molecular complexity index is 872. The number of piperazine rings is 1. The van der Waals surface area contributed by atoms with Crippen LogP contribution in [0, 0.1) is 11.6 Å². The van der Waals surface area contributed by atoms with Crippen molar-refractivity contribution in [3.05, 3.63) is 65.4 Å². The number of rotatable bonds is 4. The molecule has 0 N–H and O–H groups in total. The van der Waals surface area contributed by atoms with Crippen molar-refractivity contribution in [3.8, 4) is 0 Å². The summed E-state index contributed by atoms with van der Waals surface area (Å²) >= 11 is 0. The van der Waals surface area contributed by atoms with Crippen LogP contribution in [0.15, 0.2) is 47.0 Å². The van der Waals surface area contributed by atoms with Crippen molar-refractivity contribution >= 4 is 11.0 Å². The number of aromatic nitrogens is 1. The van der Waals surface area contributed by atoms with Gasteiger partial charge in [0.1, 0.15) is 17.3 Å². The van der Waals surface area contributed by atoms with Crippen molar-refractivity contribution in [2.24, 2.45) is 0 Å². The van der Waals surface area contributed by atoms with Crippen LogP contribution in [0.3, 0.4) is 0 Å². The molecule has 2 heterocycles. The van der Waals surface area contributed by atoms with Crippen LogP contribution in [0.5, 0.6) is 0 Å². The predicted octanol–water partition coefficient (Wildman–Crippen LogP) is 3.42. The molecule has 3 aromatic rings. The number of nitrogens with zero attached hydrogens (tertiary/aromatic N) is 3. The lowest BCUT2D eigenvalue weighted by molar-refractivity contribution is 0.119. The van der Waals surface area contributed by atoms with Gasteiger partial charge in [-0.1, -0.05) is 17.3 Å². The highest BCUT2D eigenvalue weighted by Crippen LogP contribution is 2.20. The lowest BCUT2D eigenvalue weighted by Gasteiger charge is -2.34.